The predicted octanol–water partition coefficient (Wildman–Crippen LogP) is 1.45. The number of alkyl carbamates (subject to hydrolysis) is 1. The molecule has 6 N–H and O–H groups in total. The van der Waals surface area contributed by atoms with E-state index in [1.165, 1.54) is 84.1 Å². The molecule has 0 aromatic rings. The number of ether oxygens (including phenoxy) is 6. The summed E-state index contributed by atoms with van der Waals surface area (Å²) in [5.74, 6) is -0.315. The summed E-state index contributed by atoms with van der Waals surface area (Å²) in [4.78, 5) is 77.6. The van der Waals surface area contributed by atoms with Crippen molar-refractivity contribution in [2.24, 2.45) is 0 Å². The Kier molecular flexibility index (Phi) is 128. The third-order valence-corrected chi connectivity index (χ3v) is 2.46. The predicted molar refractivity (Wildman–Crippen MR) is 203 cm³/mol. The molecule has 0 rings (SSSR count). The third-order valence-electron chi connectivity index (χ3n) is 2.46. The van der Waals surface area contributed by atoms with Crippen LogP contribution in [0.1, 0.15) is 41.5 Å². The van der Waals surface area contributed by atoms with Gasteiger partial charge >= 0.3 is 30.2 Å². The molecule has 0 aliphatic carbocycles. The number of methoxy groups -OCH3 is 6. The first-order valence-corrected chi connectivity index (χ1v) is 15.7. The van der Waals surface area contributed by atoms with Crippen LogP contribution < -0.4 is 31.9 Å². The van der Waals surface area contributed by atoms with Crippen molar-refractivity contribution in [1.82, 2.24) is 31.9 Å². The number of carbonyl (C=O) groups is 8. The maximum Gasteiger partial charge on any atom is 0.507 e. The van der Waals surface area contributed by atoms with Crippen LogP contribution in [0.4, 0.5) is 14.4 Å². The maximum absolute atomic E-state index is 9.96. The van der Waals surface area contributed by atoms with Crippen molar-refractivity contribution in [3.63, 3.8) is 0 Å². The lowest BCUT2D eigenvalue weighted by atomic mass is 10.6. The molecule has 20 nitrogen and oxygen atoms in total. The van der Waals surface area contributed by atoms with Crippen LogP contribution in [-0.2, 0) is 52.4 Å². The number of rotatable bonds is 0. The van der Waals surface area contributed by atoms with Gasteiger partial charge in [0.1, 0.15) is 5.78 Å². The number of carbonyl (C=O) groups excluding carboxylic acids is 8. The number of esters is 2. The zero-order valence-corrected chi connectivity index (χ0v) is 35.9. The van der Waals surface area contributed by atoms with E-state index in [0.717, 1.165) is 0 Å². The monoisotopic (exact) mass is 772 g/mol. The van der Waals surface area contributed by atoms with Crippen molar-refractivity contribution in [3.05, 3.63) is 0 Å². The topological polar surface area (TPSA) is 264 Å². The molecule has 0 heterocycles. The first kappa shape index (κ1) is 76.5. The molecule has 0 unspecified atom stereocenters. The van der Waals surface area contributed by atoms with E-state index in [9.17, 15) is 38.4 Å². The van der Waals surface area contributed by atoms with Gasteiger partial charge in [0.15, 0.2) is 0 Å². The third kappa shape index (κ3) is 356. The number of hydrogen-bond donors (Lipinski definition) is 6. The standard InChI is InChI=1S/C3H8N2O.C3H7NO2.2C3H7NO.C3H6O3.2C3H6O2.C3H6O.C2H7N.C2H6O.C2H6S/c1-4-3(6)5-2;1-4-3(5)6-2;2*1-3(5)4-2;1-5-3(4)6-2;2*1-3(4)5-2;1-3(2)4;3*1-3-2/h1-2H3,(H2,4,5,6);1-2H3,(H,4,5);2*1-2H3,(H,4,5);1-2H3;2*1-2H3;1-2H3;3H,1-2H3;2*1-2H3. The van der Waals surface area contributed by atoms with Gasteiger partial charge in [0.2, 0.25) is 11.8 Å². The lowest BCUT2D eigenvalue weighted by Gasteiger charge is -1.91. The minimum absolute atomic E-state index is 0.00463. The van der Waals surface area contributed by atoms with Gasteiger partial charge in [0, 0.05) is 77.2 Å². The molecule has 51 heavy (non-hydrogen) atoms. The number of Topliss-reactive ketones (excluding diaryl/α,β-unsaturated/α-hetero) is 1. The van der Waals surface area contributed by atoms with Gasteiger partial charge in [-0.25, -0.2) is 14.4 Å². The summed E-state index contributed by atoms with van der Waals surface area (Å²) in [6.07, 6.45) is 3.02. The molecule has 0 aromatic heterocycles. The average Bonchev–Trinajstić information content (AvgIpc) is 3.09. The van der Waals surface area contributed by atoms with Crippen LogP contribution in [0.25, 0.3) is 0 Å². The summed E-state index contributed by atoms with van der Waals surface area (Å²) in [5, 5.41) is 14.5. The Morgan fingerprint density at radius 2 is 0.608 bits per heavy atom. The van der Waals surface area contributed by atoms with E-state index in [-0.39, 0.29) is 35.6 Å². The fourth-order valence-corrected chi connectivity index (χ4v) is 0.310. The van der Waals surface area contributed by atoms with Crippen LogP contribution in [0, 0.1) is 0 Å². The summed E-state index contributed by atoms with van der Waals surface area (Å²) in [7, 11) is 21.4. The Bertz CT molecular complexity index is 644. The summed E-state index contributed by atoms with van der Waals surface area (Å²) in [5.41, 5.74) is 0. The van der Waals surface area contributed by atoms with Gasteiger partial charge in [0.05, 0.1) is 35.5 Å². The molecule has 0 saturated heterocycles. The van der Waals surface area contributed by atoms with E-state index < -0.39 is 12.2 Å². The molecule has 0 aliphatic rings. The minimum atomic E-state index is -0.657. The molecule has 0 aromatic carbocycles. The van der Waals surface area contributed by atoms with Gasteiger partial charge < -0.3 is 65.1 Å². The Balaban J connectivity index is -0.0000000387. The van der Waals surface area contributed by atoms with E-state index >= 15 is 0 Å². The van der Waals surface area contributed by atoms with Crippen LogP contribution in [-0.4, -0.2) is 159 Å². The maximum atomic E-state index is 9.96. The van der Waals surface area contributed by atoms with E-state index in [0.29, 0.717) is 0 Å². The molecule has 0 bridgehead atoms. The lowest BCUT2D eigenvalue weighted by Crippen LogP contribution is -2.28. The highest BCUT2D eigenvalue weighted by Crippen LogP contribution is 1.72. The molecule has 312 valence electrons. The Morgan fingerprint density at radius 1 is 0.431 bits per heavy atom. The highest BCUT2D eigenvalue weighted by Gasteiger charge is 1.89. The van der Waals surface area contributed by atoms with Crippen molar-refractivity contribution in [1.29, 1.82) is 0 Å². The fraction of sp³-hybridized carbons (Fsp3) is 0.733. The van der Waals surface area contributed by atoms with Gasteiger partial charge in [-0.2, -0.15) is 11.8 Å². The molecule has 0 fully saturated rings. The van der Waals surface area contributed by atoms with Gasteiger partial charge in [-0.15, -0.1) is 0 Å². The van der Waals surface area contributed by atoms with Crippen molar-refractivity contribution in [3.8, 4) is 0 Å². The second kappa shape index (κ2) is 85.4. The largest absolute Gasteiger partial charge is 0.507 e. The molecule has 0 aliphatic heterocycles. The van der Waals surface area contributed by atoms with Crippen molar-refractivity contribution >= 4 is 59.6 Å². The number of hydrogen-bond acceptors (Lipinski definition) is 16. The smallest absolute Gasteiger partial charge is 0.469 e. The molecule has 0 saturated carbocycles. The molecular weight excluding hydrogens is 700 g/mol. The molecular formula is C30H72N6O14S. The Hall–Kier alpha value is -4.37. The second-order valence-corrected chi connectivity index (χ2v) is 8.27. The minimum Gasteiger partial charge on any atom is -0.469 e. The van der Waals surface area contributed by atoms with Crippen LogP contribution in [0.3, 0.4) is 0 Å². The highest BCUT2D eigenvalue weighted by molar-refractivity contribution is 7.97. The number of amides is 5. The van der Waals surface area contributed by atoms with Gasteiger partial charge in [-0.3, -0.25) is 19.2 Å². The van der Waals surface area contributed by atoms with Gasteiger partial charge in [-0.05, 0) is 40.5 Å². The summed E-state index contributed by atoms with van der Waals surface area (Å²) < 4.78 is 24.7. The van der Waals surface area contributed by atoms with Crippen LogP contribution in [0.2, 0.25) is 0 Å². The van der Waals surface area contributed by atoms with Crippen molar-refractivity contribution in [2.75, 3.05) is 112 Å². The number of thioether (sulfide) groups is 1. The first-order valence-electron chi connectivity index (χ1n) is 14.1. The highest BCUT2D eigenvalue weighted by atomic mass is 32.2. The van der Waals surface area contributed by atoms with Crippen LogP contribution in [0.15, 0.2) is 0 Å². The fourth-order valence-electron chi connectivity index (χ4n) is 0.310. The number of nitrogens with one attached hydrogen (secondary N) is 6. The van der Waals surface area contributed by atoms with Crippen molar-refractivity contribution in [2.45, 2.75) is 41.5 Å². The number of ketones is 1. The SMILES string of the molecule is CC(C)=O.CNC.CNC(=O)NC.CNC(=O)OC.CNC(C)=O.CNC(C)=O.COC.COC(=O)OC.COC(C)=O.COC(C)=O.CSC. The molecule has 0 radical (unpaired) electrons. The van der Waals surface area contributed by atoms with E-state index in [1.807, 2.05) is 26.6 Å². The van der Waals surface area contributed by atoms with Crippen molar-refractivity contribution < 1.29 is 66.8 Å². The van der Waals surface area contributed by atoms with E-state index in [2.05, 4.69) is 60.3 Å². The lowest BCUT2D eigenvalue weighted by molar-refractivity contribution is -0.138. The average molecular weight is 773 g/mol. The molecule has 21 heteroatoms. The zero-order chi connectivity index (χ0) is 43.8. The summed E-state index contributed by atoms with van der Waals surface area (Å²) in [6, 6.07) is -0.157. The normalized spacial score (nSPS) is 6.71. The number of urea groups is 1. The Labute approximate surface area is 311 Å². The molecule has 0 spiro atoms. The first-order chi connectivity index (χ1) is 23.5. The van der Waals surface area contributed by atoms with E-state index in [1.54, 1.807) is 54.2 Å². The quantitative estimate of drug-likeness (QED) is 0.150. The summed E-state index contributed by atoms with van der Waals surface area (Å²) in [6.45, 7) is 8.72. The summed E-state index contributed by atoms with van der Waals surface area (Å²) >= 11 is 1.75. The van der Waals surface area contributed by atoms with Gasteiger partial charge in [-0.1, -0.05) is 0 Å². The zero-order valence-electron chi connectivity index (χ0n) is 35.1. The van der Waals surface area contributed by atoms with Crippen LogP contribution in [0.5, 0.6) is 0 Å². The second-order valence-electron chi connectivity index (χ2n) is 7.46. The van der Waals surface area contributed by atoms with Gasteiger partial charge in [0.25, 0.3) is 0 Å². The molecule has 0 atom stereocenters. The Morgan fingerprint density at radius 3 is 0.608 bits per heavy atom. The van der Waals surface area contributed by atoms with Crippen LogP contribution >= 0.6 is 11.8 Å². The molecule has 5 amide bonds. The van der Waals surface area contributed by atoms with E-state index in [4.69, 9.17) is 0 Å².